The molecule has 0 aliphatic heterocycles. The fourth-order valence-corrected chi connectivity index (χ4v) is 2.07. The van der Waals surface area contributed by atoms with Crippen LogP contribution in [0.2, 0.25) is 0 Å². The first-order valence-electron chi connectivity index (χ1n) is 4.76. The van der Waals surface area contributed by atoms with Crippen LogP contribution in [0.15, 0.2) is 10.9 Å². The summed E-state index contributed by atoms with van der Waals surface area (Å²) in [6, 6.07) is 0. The van der Waals surface area contributed by atoms with Crippen molar-refractivity contribution in [2.45, 2.75) is 45.4 Å². The fourth-order valence-electron chi connectivity index (χ4n) is 1.44. The minimum Gasteiger partial charge on any atom is -0.249 e. The Morgan fingerprint density at radius 3 is 2.83 bits per heavy atom. The average molecular weight is 183 g/mol. The monoisotopic (exact) mass is 183 g/mol. The Bertz CT molecular complexity index is 194. The zero-order valence-electron chi connectivity index (χ0n) is 7.92. The molecule has 0 fully saturated rings. The lowest BCUT2D eigenvalue weighted by Gasteiger charge is -2.10. The van der Waals surface area contributed by atoms with E-state index in [0.29, 0.717) is 5.92 Å². The highest BCUT2D eigenvalue weighted by Gasteiger charge is 2.09. The van der Waals surface area contributed by atoms with Crippen molar-refractivity contribution in [2.75, 3.05) is 0 Å². The Morgan fingerprint density at radius 1 is 1.50 bits per heavy atom. The normalized spacial score (nSPS) is 13.2. The van der Waals surface area contributed by atoms with Gasteiger partial charge in [-0.3, -0.25) is 0 Å². The fraction of sp³-hybridized carbons (Fsp3) is 0.700. The molecule has 12 heavy (non-hydrogen) atoms. The highest BCUT2D eigenvalue weighted by molar-refractivity contribution is 7.07. The topological polar surface area (TPSA) is 12.9 Å². The smallest absolute Gasteiger partial charge is 0.0794 e. The maximum absolute atomic E-state index is 4.36. The van der Waals surface area contributed by atoms with E-state index in [9.17, 15) is 0 Å². The third-order valence-corrected chi connectivity index (χ3v) is 2.87. The third kappa shape index (κ3) is 2.59. The summed E-state index contributed by atoms with van der Waals surface area (Å²) in [5.74, 6) is 0.705. The molecule has 0 aliphatic carbocycles. The van der Waals surface area contributed by atoms with Gasteiger partial charge in [0.25, 0.3) is 0 Å². The highest BCUT2D eigenvalue weighted by Crippen LogP contribution is 2.24. The molecule has 2 heteroatoms. The summed E-state index contributed by atoms with van der Waals surface area (Å²) in [7, 11) is 0. The van der Waals surface area contributed by atoms with E-state index in [0.717, 1.165) is 0 Å². The van der Waals surface area contributed by atoms with Gasteiger partial charge in [0.05, 0.1) is 11.2 Å². The zero-order chi connectivity index (χ0) is 8.81. The number of thiazole rings is 1. The molecule has 1 rings (SSSR count). The van der Waals surface area contributed by atoms with E-state index in [1.165, 1.54) is 31.4 Å². The van der Waals surface area contributed by atoms with Crippen molar-refractivity contribution in [3.05, 3.63) is 16.6 Å². The molecule has 0 aromatic carbocycles. The quantitative estimate of drug-likeness (QED) is 0.676. The lowest BCUT2D eigenvalue weighted by Crippen LogP contribution is -1.97. The van der Waals surface area contributed by atoms with E-state index < -0.39 is 0 Å². The first-order chi connectivity index (χ1) is 5.88. The van der Waals surface area contributed by atoms with E-state index in [1.807, 2.05) is 5.51 Å². The minimum atomic E-state index is 0.705. The Labute approximate surface area is 78.8 Å². The lowest BCUT2D eigenvalue weighted by atomic mass is 9.97. The van der Waals surface area contributed by atoms with Crippen LogP contribution in [0.3, 0.4) is 0 Å². The van der Waals surface area contributed by atoms with Crippen molar-refractivity contribution in [1.29, 1.82) is 0 Å². The molecule has 1 nitrogen and oxygen atoms in total. The van der Waals surface area contributed by atoms with Gasteiger partial charge in [-0.25, -0.2) is 4.98 Å². The van der Waals surface area contributed by atoms with Gasteiger partial charge in [0.2, 0.25) is 0 Å². The molecule has 0 aliphatic rings. The Balaban J connectivity index is 2.45. The summed E-state index contributed by atoms with van der Waals surface area (Å²) in [6.45, 7) is 4.49. The number of rotatable bonds is 5. The molecule has 0 bridgehead atoms. The zero-order valence-corrected chi connectivity index (χ0v) is 8.73. The molecular weight excluding hydrogens is 166 g/mol. The second kappa shape index (κ2) is 5.31. The Morgan fingerprint density at radius 2 is 2.33 bits per heavy atom. The maximum Gasteiger partial charge on any atom is 0.0794 e. The summed E-state index contributed by atoms with van der Waals surface area (Å²) in [5, 5.41) is 2.18. The van der Waals surface area contributed by atoms with Crippen LogP contribution >= 0.6 is 11.3 Å². The molecule has 0 radical (unpaired) electrons. The Hall–Kier alpha value is -0.370. The molecule has 1 atom stereocenters. The SMILES string of the molecule is CCCCC(CC)c1cscn1. The molecule has 0 N–H and O–H groups in total. The van der Waals surface area contributed by atoms with Crippen molar-refractivity contribution >= 4 is 11.3 Å². The molecule has 0 saturated carbocycles. The number of unbranched alkanes of at least 4 members (excludes halogenated alkanes) is 1. The van der Waals surface area contributed by atoms with Crippen molar-refractivity contribution in [1.82, 2.24) is 4.98 Å². The maximum atomic E-state index is 4.36. The van der Waals surface area contributed by atoms with Crippen LogP contribution in [0.4, 0.5) is 0 Å². The number of nitrogens with zero attached hydrogens (tertiary/aromatic N) is 1. The van der Waals surface area contributed by atoms with E-state index >= 15 is 0 Å². The predicted molar refractivity (Wildman–Crippen MR) is 54.7 cm³/mol. The summed E-state index contributed by atoms with van der Waals surface area (Å²) in [5.41, 5.74) is 3.24. The van der Waals surface area contributed by atoms with Crippen LogP contribution in [-0.2, 0) is 0 Å². The molecule has 1 heterocycles. The van der Waals surface area contributed by atoms with Gasteiger partial charge in [-0.15, -0.1) is 11.3 Å². The van der Waals surface area contributed by atoms with Gasteiger partial charge in [-0.2, -0.15) is 0 Å². The summed E-state index contributed by atoms with van der Waals surface area (Å²) in [6.07, 6.45) is 5.15. The molecular formula is C10H17NS. The molecule has 0 amide bonds. The molecule has 68 valence electrons. The number of hydrogen-bond donors (Lipinski definition) is 0. The summed E-state index contributed by atoms with van der Waals surface area (Å²) >= 11 is 1.71. The first kappa shape index (κ1) is 9.72. The van der Waals surface area contributed by atoms with Gasteiger partial charge in [0.1, 0.15) is 0 Å². The van der Waals surface area contributed by atoms with Gasteiger partial charge in [-0.05, 0) is 12.8 Å². The van der Waals surface area contributed by atoms with Gasteiger partial charge in [0.15, 0.2) is 0 Å². The van der Waals surface area contributed by atoms with Gasteiger partial charge >= 0.3 is 0 Å². The van der Waals surface area contributed by atoms with E-state index in [4.69, 9.17) is 0 Å². The molecule has 1 unspecified atom stereocenters. The van der Waals surface area contributed by atoms with Crippen LogP contribution < -0.4 is 0 Å². The highest BCUT2D eigenvalue weighted by atomic mass is 32.1. The van der Waals surface area contributed by atoms with E-state index in [1.54, 1.807) is 11.3 Å². The van der Waals surface area contributed by atoms with Crippen molar-refractivity contribution in [2.24, 2.45) is 0 Å². The molecule has 0 saturated heterocycles. The summed E-state index contributed by atoms with van der Waals surface area (Å²) < 4.78 is 0. The van der Waals surface area contributed by atoms with Crippen LogP contribution in [0, 0.1) is 0 Å². The van der Waals surface area contributed by atoms with E-state index in [-0.39, 0.29) is 0 Å². The number of aromatic nitrogens is 1. The number of hydrogen-bond acceptors (Lipinski definition) is 2. The van der Waals surface area contributed by atoms with Gasteiger partial charge in [-0.1, -0.05) is 26.7 Å². The largest absolute Gasteiger partial charge is 0.249 e. The van der Waals surface area contributed by atoms with Gasteiger partial charge in [0, 0.05) is 11.3 Å². The first-order valence-corrected chi connectivity index (χ1v) is 5.70. The predicted octanol–water partition coefficient (Wildman–Crippen LogP) is 3.83. The van der Waals surface area contributed by atoms with Crippen LogP contribution in [0.5, 0.6) is 0 Å². The van der Waals surface area contributed by atoms with Crippen molar-refractivity contribution in [3.8, 4) is 0 Å². The van der Waals surface area contributed by atoms with E-state index in [2.05, 4.69) is 24.2 Å². The average Bonchev–Trinajstić information content (AvgIpc) is 2.59. The minimum absolute atomic E-state index is 0.705. The van der Waals surface area contributed by atoms with Crippen molar-refractivity contribution < 1.29 is 0 Å². The van der Waals surface area contributed by atoms with Crippen LogP contribution in [0.25, 0.3) is 0 Å². The molecule has 1 aromatic heterocycles. The van der Waals surface area contributed by atoms with Crippen molar-refractivity contribution in [3.63, 3.8) is 0 Å². The Kier molecular flexibility index (Phi) is 4.30. The lowest BCUT2D eigenvalue weighted by molar-refractivity contribution is 0.560. The standard InChI is InChI=1S/C10H17NS/c1-3-5-6-9(4-2)10-7-12-8-11-10/h7-9H,3-6H2,1-2H3. The molecule has 0 spiro atoms. The van der Waals surface area contributed by atoms with Gasteiger partial charge < -0.3 is 0 Å². The molecule has 1 aromatic rings. The van der Waals surface area contributed by atoms with Crippen LogP contribution in [0.1, 0.15) is 51.1 Å². The van der Waals surface area contributed by atoms with Crippen LogP contribution in [-0.4, -0.2) is 4.98 Å². The third-order valence-electron chi connectivity index (χ3n) is 2.27. The summed E-state index contributed by atoms with van der Waals surface area (Å²) in [4.78, 5) is 4.36. The second-order valence-corrected chi connectivity index (χ2v) is 3.88. The second-order valence-electron chi connectivity index (χ2n) is 3.16.